The molecule has 2 aromatic heterocycles. The van der Waals surface area contributed by atoms with E-state index in [1.165, 1.54) is 10.7 Å². The number of fused-ring (bicyclic) bond motifs is 1. The van der Waals surface area contributed by atoms with Crippen LogP contribution in [0.5, 0.6) is 0 Å². The summed E-state index contributed by atoms with van der Waals surface area (Å²) < 4.78 is 40.2. The van der Waals surface area contributed by atoms with Crippen molar-refractivity contribution < 1.29 is 18.0 Å². The van der Waals surface area contributed by atoms with Gasteiger partial charge in [0, 0.05) is 31.9 Å². The average molecular weight is 441 g/mol. The van der Waals surface area contributed by atoms with Crippen molar-refractivity contribution in [1.29, 1.82) is 0 Å². The lowest BCUT2D eigenvalue weighted by Crippen LogP contribution is -2.49. The Labute approximate surface area is 173 Å². The summed E-state index contributed by atoms with van der Waals surface area (Å²) in [5.41, 5.74) is -0.387. The first-order chi connectivity index (χ1) is 14.3. The van der Waals surface area contributed by atoms with Gasteiger partial charge in [-0.25, -0.2) is 0 Å². The van der Waals surface area contributed by atoms with E-state index >= 15 is 0 Å². The Morgan fingerprint density at radius 2 is 1.90 bits per heavy atom. The van der Waals surface area contributed by atoms with Crippen LogP contribution in [-0.2, 0) is 11.0 Å². The van der Waals surface area contributed by atoms with Gasteiger partial charge in [0.15, 0.2) is 11.5 Å². The van der Waals surface area contributed by atoms with Gasteiger partial charge in [0.2, 0.25) is 5.91 Å². The fourth-order valence-electron chi connectivity index (χ4n) is 3.17. The molecule has 0 spiro atoms. The standard InChI is InChI=1S/C17H16ClF3N8O/c18-13-2-1-11(9-12(13)17(19,20)21)22-16(30)10-27-5-7-28(8-6-27)15-4-3-14-23-25-26-29(14)24-15/h1-4,9H,5-8,10H2,(H,22,30). The molecule has 158 valence electrons. The number of nitrogens with one attached hydrogen (secondary N) is 1. The number of carbonyl (C=O) groups excluding carboxylic acids is 1. The van der Waals surface area contributed by atoms with Gasteiger partial charge in [-0.05, 0) is 40.8 Å². The number of aromatic nitrogens is 5. The molecular formula is C17H16ClF3N8O. The van der Waals surface area contributed by atoms with Crippen molar-refractivity contribution in [2.24, 2.45) is 0 Å². The molecule has 0 saturated carbocycles. The van der Waals surface area contributed by atoms with Crippen LogP contribution in [0.15, 0.2) is 30.3 Å². The highest BCUT2D eigenvalue weighted by Gasteiger charge is 2.33. The predicted molar refractivity (Wildman–Crippen MR) is 102 cm³/mol. The van der Waals surface area contributed by atoms with E-state index in [0.29, 0.717) is 31.8 Å². The van der Waals surface area contributed by atoms with E-state index in [9.17, 15) is 18.0 Å². The zero-order chi connectivity index (χ0) is 21.3. The molecule has 1 aliphatic heterocycles. The Kier molecular flexibility index (Phi) is 5.43. The maximum absolute atomic E-state index is 13.0. The van der Waals surface area contributed by atoms with E-state index in [1.54, 1.807) is 6.07 Å². The molecule has 0 radical (unpaired) electrons. The van der Waals surface area contributed by atoms with Crippen molar-refractivity contribution in [2.45, 2.75) is 6.18 Å². The van der Waals surface area contributed by atoms with E-state index in [2.05, 4.69) is 25.9 Å². The number of alkyl halides is 3. The molecule has 3 heterocycles. The van der Waals surface area contributed by atoms with Gasteiger partial charge in [-0.1, -0.05) is 11.6 Å². The molecule has 3 aromatic rings. The molecule has 1 aromatic carbocycles. The minimum Gasteiger partial charge on any atom is -0.353 e. The normalized spacial score (nSPS) is 15.5. The number of amides is 1. The highest BCUT2D eigenvalue weighted by Crippen LogP contribution is 2.36. The van der Waals surface area contributed by atoms with Crippen LogP contribution in [0.4, 0.5) is 24.7 Å². The second-order valence-electron chi connectivity index (χ2n) is 6.72. The minimum absolute atomic E-state index is 0.0503. The van der Waals surface area contributed by atoms with Crippen LogP contribution < -0.4 is 10.2 Å². The Hall–Kier alpha value is -2.99. The summed E-state index contributed by atoms with van der Waals surface area (Å²) in [6.45, 7) is 2.52. The number of rotatable bonds is 4. The van der Waals surface area contributed by atoms with E-state index in [4.69, 9.17) is 11.6 Å². The minimum atomic E-state index is -4.59. The fourth-order valence-corrected chi connectivity index (χ4v) is 3.39. The fraction of sp³-hybridized carbons (Fsp3) is 0.353. The topological polar surface area (TPSA) is 91.6 Å². The second-order valence-corrected chi connectivity index (χ2v) is 7.13. The summed E-state index contributed by atoms with van der Waals surface area (Å²) in [6.07, 6.45) is -4.59. The lowest BCUT2D eigenvalue weighted by molar-refractivity contribution is -0.137. The molecule has 1 aliphatic rings. The van der Waals surface area contributed by atoms with Gasteiger partial charge in [0.25, 0.3) is 0 Å². The summed E-state index contributed by atoms with van der Waals surface area (Å²) in [7, 11) is 0. The molecule has 1 fully saturated rings. The SMILES string of the molecule is O=C(CN1CCN(c2ccc3nnnn3n2)CC1)Nc1ccc(Cl)c(C(F)(F)F)c1. The van der Waals surface area contributed by atoms with Crippen LogP contribution in [0.25, 0.3) is 5.65 Å². The zero-order valence-corrected chi connectivity index (χ0v) is 16.2. The van der Waals surface area contributed by atoms with Crippen LogP contribution in [0.1, 0.15) is 5.56 Å². The van der Waals surface area contributed by atoms with E-state index in [-0.39, 0.29) is 12.2 Å². The molecule has 1 saturated heterocycles. The average Bonchev–Trinajstić information content (AvgIpc) is 3.17. The number of tetrazole rings is 1. The number of carbonyl (C=O) groups is 1. The molecule has 30 heavy (non-hydrogen) atoms. The third kappa shape index (κ3) is 4.44. The van der Waals surface area contributed by atoms with Gasteiger partial charge in [-0.2, -0.15) is 13.2 Å². The lowest BCUT2D eigenvalue weighted by Gasteiger charge is -2.34. The van der Waals surface area contributed by atoms with Crippen molar-refractivity contribution in [3.63, 3.8) is 0 Å². The van der Waals surface area contributed by atoms with Gasteiger partial charge in [0.1, 0.15) is 0 Å². The van der Waals surface area contributed by atoms with Gasteiger partial charge in [-0.3, -0.25) is 9.69 Å². The molecule has 0 atom stereocenters. The zero-order valence-electron chi connectivity index (χ0n) is 15.5. The molecule has 1 amide bonds. The summed E-state index contributed by atoms with van der Waals surface area (Å²) >= 11 is 5.60. The number of hydrogen-bond donors (Lipinski definition) is 1. The summed E-state index contributed by atoms with van der Waals surface area (Å²) in [4.78, 5) is 16.2. The number of benzene rings is 1. The maximum Gasteiger partial charge on any atom is 0.417 e. The Morgan fingerprint density at radius 1 is 1.13 bits per heavy atom. The highest BCUT2D eigenvalue weighted by atomic mass is 35.5. The van der Waals surface area contributed by atoms with Crippen molar-refractivity contribution in [2.75, 3.05) is 42.9 Å². The van der Waals surface area contributed by atoms with E-state index in [0.717, 1.165) is 18.0 Å². The van der Waals surface area contributed by atoms with Gasteiger partial charge in [-0.15, -0.1) is 14.8 Å². The highest BCUT2D eigenvalue weighted by molar-refractivity contribution is 6.31. The Morgan fingerprint density at radius 3 is 2.63 bits per heavy atom. The van der Waals surface area contributed by atoms with Crippen molar-refractivity contribution in [3.8, 4) is 0 Å². The molecule has 0 unspecified atom stereocenters. The summed E-state index contributed by atoms with van der Waals surface area (Å²) in [5.74, 6) is 0.326. The van der Waals surface area contributed by atoms with Crippen molar-refractivity contribution >= 4 is 34.7 Å². The molecular weight excluding hydrogens is 425 g/mol. The van der Waals surface area contributed by atoms with Crippen LogP contribution in [-0.4, -0.2) is 68.8 Å². The van der Waals surface area contributed by atoms with Gasteiger partial charge >= 0.3 is 6.18 Å². The lowest BCUT2D eigenvalue weighted by atomic mass is 10.2. The van der Waals surface area contributed by atoms with Gasteiger partial charge in [0.05, 0.1) is 17.1 Å². The number of anilines is 2. The molecule has 0 bridgehead atoms. The van der Waals surface area contributed by atoms with Crippen molar-refractivity contribution in [1.82, 2.24) is 30.2 Å². The monoisotopic (exact) mass is 440 g/mol. The van der Waals surface area contributed by atoms with Crippen LogP contribution >= 0.6 is 11.6 Å². The first-order valence-electron chi connectivity index (χ1n) is 8.99. The van der Waals surface area contributed by atoms with E-state index < -0.39 is 22.7 Å². The number of piperazine rings is 1. The van der Waals surface area contributed by atoms with Crippen LogP contribution in [0, 0.1) is 0 Å². The van der Waals surface area contributed by atoms with Crippen molar-refractivity contribution in [3.05, 3.63) is 40.9 Å². The maximum atomic E-state index is 13.0. The predicted octanol–water partition coefficient (Wildman–Crippen LogP) is 1.95. The van der Waals surface area contributed by atoms with Crippen LogP contribution in [0.2, 0.25) is 5.02 Å². The molecule has 13 heteroatoms. The first-order valence-corrected chi connectivity index (χ1v) is 9.37. The number of halogens is 4. The van der Waals surface area contributed by atoms with Gasteiger partial charge < -0.3 is 10.2 Å². The van der Waals surface area contributed by atoms with E-state index in [1.807, 2.05) is 15.9 Å². The quantitative estimate of drug-likeness (QED) is 0.663. The first kappa shape index (κ1) is 20.3. The summed E-state index contributed by atoms with van der Waals surface area (Å²) in [5, 5.41) is 17.6. The Balaban J connectivity index is 1.32. The largest absolute Gasteiger partial charge is 0.417 e. The third-order valence-corrected chi connectivity index (χ3v) is 5.00. The second kappa shape index (κ2) is 8.03. The molecule has 0 aliphatic carbocycles. The Bertz CT molecular complexity index is 1060. The number of nitrogens with zero attached hydrogens (tertiary/aromatic N) is 7. The van der Waals surface area contributed by atoms with Crippen LogP contribution in [0.3, 0.4) is 0 Å². The molecule has 9 nitrogen and oxygen atoms in total. The number of hydrogen-bond acceptors (Lipinski definition) is 7. The third-order valence-electron chi connectivity index (χ3n) is 4.67. The smallest absolute Gasteiger partial charge is 0.353 e. The summed E-state index contributed by atoms with van der Waals surface area (Å²) in [6, 6.07) is 6.89. The molecule has 4 rings (SSSR count). The molecule has 1 N–H and O–H groups in total.